The Kier molecular flexibility index (Phi) is 7.98. The molecule has 1 aromatic rings. The predicted molar refractivity (Wildman–Crippen MR) is 41.8 cm³/mol. The van der Waals surface area contributed by atoms with Crippen LogP contribution in [0.4, 0.5) is 26.3 Å². The Morgan fingerprint density at radius 3 is 1.26 bits per heavy atom. The third kappa shape index (κ3) is 5.86. The molecule has 0 fully saturated rings. The van der Waals surface area contributed by atoms with E-state index in [-0.39, 0.29) is 55.9 Å². The molecule has 0 aliphatic heterocycles. The topological polar surface area (TPSA) is 46.1 Å². The van der Waals surface area contributed by atoms with Crippen molar-refractivity contribution in [2.75, 3.05) is 0 Å². The van der Waals surface area contributed by atoms with E-state index in [2.05, 4.69) is 0 Å². The van der Waals surface area contributed by atoms with Crippen molar-refractivity contribution in [1.82, 2.24) is 0 Å². The van der Waals surface area contributed by atoms with Crippen molar-refractivity contribution >= 4 is 12.6 Å². The van der Waals surface area contributed by atoms with Crippen LogP contribution in [0.15, 0.2) is 18.2 Å². The fourth-order valence-electron chi connectivity index (χ4n) is 1.12. The summed E-state index contributed by atoms with van der Waals surface area (Å²) >= 11 is 0. The second-order valence-electron chi connectivity index (χ2n) is 3.17. The van der Waals surface area contributed by atoms with Gasteiger partial charge in [-0.05, 0) is 6.07 Å². The Hall–Kier alpha value is -0.0203. The van der Waals surface area contributed by atoms with E-state index < -0.39 is 36.1 Å². The number of halogens is 6. The molecule has 0 radical (unpaired) electrons. The van der Waals surface area contributed by atoms with Crippen molar-refractivity contribution < 1.29 is 74.1 Å². The summed E-state index contributed by atoms with van der Waals surface area (Å²) in [7, 11) is -2.90. The quantitative estimate of drug-likeness (QED) is 0.377. The minimum absolute atomic E-state index is 0. The van der Waals surface area contributed by atoms with Crippen LogP contribution >= 0.6 is 0 Å². The summed E-state index contributed by atoms with van der Waals surface area (Å²) in [4.78, 5) is 0. The molecule has 0 unspecified atom stereocenters. The van der Waals surface area contributed by atoms with Crippen molar-refractivity contribution in [3.05, 3.63) is 29.3 Å². The zero-order valence-corrected chi connectivity index (χ0v) is 9.89. The van der Waals surface area contributed by atoms with Gasteiger partial charge in [-0.1, -0.05) is 19.3 Å². The van der Waals surface area contributed by atoms with Crippen molar-refractivity contribution in [2.45, 2.75) is 12.4 Å². The standard InChI is InChI=1S/C8H3BF6O2.2Li/c10-7(11,12)4-1-5(8(13,14)15)3-6(2-4)9(16)17;;/h1-3H;;/q-2;2*+1. The second kappa shape index (κ2) is 7.12. The SMILES string of the molecule is [Li+].[Li+].[O-]B([O-])c1cc(C(F)(F)F)cc(C(F)(F)F)c1. The minimum atomic E-state index is -5.05. The van der Waals surface area contributed by atoms with Gasteiger partial charge in [-0.3, -0.25) is 0 Å². The Labute approximate surface area is 128 Å². The van der Waals surface area contributed by atoms with Gasteiger partial charge in [0.25, 0.3) is 0 Å². The van der Waals surface area contributed by atoms with Crippen LogP contribution in [0.1, 0.15) is 11.1 Å². The molecule has 2 nitrogen and oxygen atoms in total. The summed E-state index contributed by atoms with van der Waals surface area (Å²) in [6, 6.07) is 0.103. The third-order valence-corrected chi connectivity index (χ3v) is 1.88. The van der Waals surface area contributed by atoms with Crippen LogP contribution in [0.25, 0.3) is 0 Å². The normalized spacial score (nSPS) is 11.4. The molecule has 0 atom stereocenters. The molecule has 0 N–H and O–H groups in total. The van der Waals surface area contributed by atoms with E-state index >= 15 is 0 Å². The van der Waals surface area contributed by atoms with Crippen LogP contribution in [0.2, 0.25) is 0 Å². The van der Waals surface area contributed by atoms with Crippen molar-refractivity contribution in [3.8, 4) is 0 Å². The van der Waals surface area contributed by atoms with Crippen LogP contribution in [0, 0.1) is 0 Å². The van der Waals surface area contributed by atoms with Crippen molar-refractivity contribution in [3.63, 3.8) is 0 Å². The molecule has 0 spiro atoms. The third-order valence-electron chi connectivity index (χ3n) is 1.88. The first-order valence-electron chi connectivity index (χ1n) is 4.13. The number of hydrogen-bond donors (Lipinski definition) is 0. The minimum Gasteiger partial charge on any atom is -0.889 e. The molecule has 94 valence electrons. The second-order valence-corrected chi connectivity index (χ2v) is 3.17. The van der Waals surface area contributed by atoms with Gasteiger partial charge in [0.2, 0.25) is 0 Å². The number of rotatable bonds is 1. The smallest absolute Gasteiger partial charge is 0.889 e. The zero-order chi connectivity index (χ0) is 13.4. The maximum atomic E-state index is 12.2. The molecular weight excluding hydrogens is 267 g/mol. The first-order valence-corrected chi connectivity index (χ1v) is 4.13. The summed E-state index contributed by atoms with van der Waals surface area (Å²) in [5.41, 5.74) is -4.43. The van der Waals surface area contributed by atoms with Gasteiger partial charge in [0.15, 0.2) is 0 Å². The van der Waals surface area contributed by atoms with Crippen LogP contribution in [0.3, 0.4) is 0 Å². The number of hydrogen-bond acceptors (Lipinski definition) is 2. The molecule has 0 bridgehead atoms. The van der Waals surface area contributed by atoms with Crippen LogP contribution < -0.4 is 53.2 Å². The molecule has 19 heavy (non-hydrogen) atoms. The maximum absolute atomic E-state index is 12.2. The van der Waals surface area contributed by atoms with Crippen LogP contribution in [-0.2, 0) is 12.4 Å². The fraction of sp³-hybridized carbons (Fsp3) is 0.250. The van der Waals surface area contributed by atoms with Gasteiger partial charge in [0, 0.05) is 0 Å². The van der Waals surface area contributed by atoms with E-state index in [1.54, 1.807) is 0 Å². The largest absolute Gasteiger partial charge is 1.00 e. The molecule has 11 heteroatoms. The molecule has 0 aliphatic carbocycles. The zero-order valence-electron chi connectivity index (χ0n) is 9.89. The van der Waals surface area contributed by atoms with E-state index in [0.717, 1.165) is 0 Å². The maximum Gasteiger partial charge on any atom is 1.00 e. The first-order chi connectivity index (χ1) is 7.51. The van der Waals surface area contributed by atoms with Crippen LogP contribution in [0.5, 0.6) is 0 Å². The fourth-order valence-corrected chi connectivity index (χ4v) is 1.12. The van der Waals surface area contributed by atoms with Gasteiger partial charge in [-0.2, -0.15) is 26.3 Å². The molecule has 0 aromatic heterocycles. The van der Waals surface area contributed by atoms with E-state index in [1.807, 2.05) is 0 Å². The number of benzene rings is 1. The molecule has 0 saturated carbocycles. The Balaban J connectivity index is 0. The van der Waals surface area contributed by atoms with Gasteiger partial charge >= 0.3 is 50.1 Å². The molecular formula is C8H3BF6Li2O2. The van der Waals surface area contributed by atoms with Crippen molar-refractivity contribution in [1.29, 1.82) is 0 Å². The van der Waals surface area contributed by atoms with E-state index in [0.29, 0.717) is 0 Å². The van der Waals surface area contributed by atoms with E-state index in [4.69, 9.17) is 0 Å². The summed E-state index contributed by atoms with van der Waals surface area (Å²) in [5.74, 6) is 0. The Morgan fingerprint density at radius 2 is 1.05 bits per heavy atom. The molecule has 0 amide bonds. The van der Waals surface area contributed by atoms with E-state index in [9.17, 15) is 36.4 Å². The summed E-state index contributed by atoms with van der Waals surface area (Å²) < 4.78 is 73.4. The van der Waals surface area contributed by atoms with Gasteiger partial charge in [0.1, 0.15) is 0 Å². The summed E-state index contributed by atoms with van der Waals surface area (Å²) in [6.07, 6.45) is -10.1. The van der Waals surface area contributed by atoms with E-state index in [1.165, 1.54) is 0 Å². The van der Waals surface area contributed by atoms with Gasteiger partial charge in [-0.15, -0.1) is 5.46 Å². The Morgan fingerprint density at radius 1 is 0.737 bits per heavy atom. The number of alkyl halides is 6. The summed E-state index contributed by atoms with van der Waals surface area (Å²) in [5, 5.41) is 20.8. The average molecular weight is 270 g/mol. The molecule has 0 heterocycles. The molecule has 1 rings (SSSR count). The molecule has 0 aliphatic rings. The van der Waals surface area contributed by atoms with Gasteiger partial charge in [0.05, 0.1) is 11.1 Å². The van der Waals surface area contributed by atoms with Crippen LogP contribution in [-0.4, -0.2) is 7.12 Å². The van der Waals surface area contributed by atoms with Gasteiger partial charge < -0.3 is 10.0 Å². The molecule has 1 aromatic carbocycles. The Bertz CT molecular complexity index is 388. The summed E-state index contributed by atoms with van der Waals surface area (Å²) in [6.45, 7) is 0. The molecule has 0 saturated heterocycles. The monoisotopic (exact) mass is 270 g/mol. The predicted octanol–water partition coefficient (Wildman–Crippen LogP) is -5.85. The van der Waals surface area contributed by atoms with Gasteiger partial charge in [-0.25, -0.2) is 0 Å². The average Bonchev–Trinajstić information content (AvgIpc) is 2.14. The first kappa shape index (κ1) is 21.3. The van der Waals surface area contributed by atoms with Crippen molar-refractivity contribution in [2.24, 2.45) is 0 Å².